The van der Waals surface area contributed by atoms with Crippen LogP contribution in [0.1, 0.15) is 0 Å². The Kier molecular flexibility index (Phi) is 5.61. The minimum atomic E-state index is -3.36. The van der Waals surface area contributed by atoms with Gasteiger partial charge in [0, 0.05) is 23.8 Å². The molecule has 0 radical (unpaired) electrons. The van der Waals surface area contributed by atoms with E-state index in [9.17, 15) is 13.2 Å². The molecule has 0 unspecified atom stereocenters. The first-order valence-corrected chi connectivity index (χ1v) is 7.95. The summed E-state index contributed by atoms with van der Waals surface area (Å²) in [5, 5.41) is 5.28. The van der Waals surface area contributed by atoms with E-state index in [1.54, 1.807) is 0 Å². The Labute approximate surface area is 115 Å². The molecule has 1 rings (SSSR count). The maximum absolute atomic E-state index is 11.5. The molecule has 0 aliphatic heterocycles. The molecule has 0 spiro atoms. The molecule has 2 N–H and O–H groups in total. The van der Waals surface area contributed by atoms with Crippen molar-refractivity contribution in [3.8, 4) is 0 Å². The van der Waals surface area contributed by atoms with Gasteiger partial charge >= 0.3 is 0 Å². The molecule has 100 valence electrons. The Morgan fingerprint density at radius 2 is 1.89 bits per heavy atom. The average molecular weight is 335 g/mol. The van der Waals surface area contributed by atoms with Gasteiger partial charge in [-0.3, -0.25) is 4.79 Å². The van der Waals surface area contributed by atoms with E-state index in [0.29, 0.717) is 0 Å². The molecule has 18 heavy (non-hydrogen) atoms. The van der Waals surface area contributed by atoms with E-state index in [2.05, 4.69) is 26.6 Å². The Hall–Kier alpha value is -1.08. The number of sulfone groups is 1. The SMILES string of the molecule is CNC(=O)CS(=O)(=O)CCNc1ccc(Br)cc1. The number of nitrogens with one attached hydrogen (secondary N) is 2. The zero-order valence-corrected chi connectivity index (χ0v) is 12.3. The van der Waals surface area contributed by atoms with Crippen LogP contribution in [-0.4, -0.2) is 39.4 Å². The number of benzene rings is 1. The number of carbonyl (C=O) groups excluding carboxylic acids is 1. The molecule has 0 saturated carbocycles. The van der Waals surface area contributed by atoms with Crippen LogP contribution in [0.25, 0.3) is 0 Å². The number of hydrogen-bond acceptors (Lipinski definition) is 4. The zero-order valence-electron chi connectivity index (χ0n) is 9.94. The van der Waals surface area contributed by atoms with Gasteiger partial charge in [-0.25, -0.2) is 8.42 Å². The summed E-state index contributed by atoms with van der Waals surface area (Å²) in [6.45, 7) is 0.279. The molecule has 0 aliphatic carbocycles. The third-order valence-corrected chi connectivity index (χ3v) is 4.27. The fraction of sp³-hybridized carbons (Fsp3) is 0.364. The molecule has 0 aromatic heterocycles. The van der Waals surface area contributed by atoms with E-state index in [4.69, 9.17) is 0 Å². The molecule has 1 aromatic carbocycles. The molecule has 5 nitrogen and oxygen atoms in total. The summed E-state index contributed by atoms with van der Waals surface area (Å²) in [5.74, 6) is -1.03. The van der Waals surface area contributed by atoms with Gasteiger partial charge in [-0.15, -0.1) is 0 Å². The summed E-state index contributed by atoms with van der Waals surface area (Å²) in [7, 11) is -1.94. The quantitative estimate of drug-likeness (QED) is 0.814. The van der Waals surface area contributed by atoms with Gasteiger partial charge < -0.3 is 10.6 Å². The molecule has 0 heterocycles. The topological polar surface area (TPSA) is 75.3 Å². The molecule has 0 aliphatic rings. The lowest BCUT2D eigenvalue weighted by Crippen LogP contribution is -2.30. The minimum Gasteiger partial charge on any atom is -0.384 e. The lowest BCUT2D eigenvalue weighted by atomic mass is 10.3. The molecule has 1 aromatic rings. The number of hydrogen-bond donors (Lipinski definition) is 2. The highest BCUT2D eigenvalue weighted by Crippen LogP contribution is 2.13. The third kappa shape index (κ3) is 5.50. The first-order chi connectivity index (χ1) is 8.43. The van der Waals surface area contributed by atoms with Gasteiger partial charge in [0.15, 0.2) is 9.84 Å². The van der Waals surface area contributed by atoms with Crippen LogP contribution in [0.4, 0.5) is 5.69 Å². The summed E-state index contributed by atoms with van der Waals surface area (Å²) in [4.78, 5) is 11.0. The zero-order chi connectivity index (χ0) is 13.6. The van der Waals surface area contributed by atoms with Crippen LogP contribution in [0, 0.1) is 0 Å². The van der Waals surface area contributed by atoms with Crippen molar-refractivity contribution in [1.29, 1.82) is 0 Å². The maximum Gasteiger partial charge on any atom is 0.234 e. The molecule has 0 atom stereocenters. The van der Waals surface area contributed by atoms with Crippen LogP contribution in [0.15, 0.2) is 28.7 Å². The van der Waals surface area contributed by atoms with Crippen molar-refractivity contribution in [3.05, 3.63) is 28.7 Å². The van der Waals surface area contributed by atoms with Crippen molar-refractivity contribution in [2.45, 2.75) is 0 Å². The molecule has 0 fully saturated rings. The number of anilines is 1. The summed E-state index contributed by atoms with van der Waals surface area (Å²) < 4.78 is 24.0. The number of halogens is 1. The van der Waals surface area contributed by atoms with E-state index in [-0.39, 0.29) is 12.3 Å². The largest absolute Gasteiger partial charge is 0.384 e. The summed E-state index contributed by atoms with van der Waals surface area (Å²) >= 11 is 3.31. The second kappa shape index (κ2) is 6.75. The smallest absolute Gasteiger partial charge is 0.234 e. The molecule has 0 saturated heterocycles. The first kappa shape index (κ1) is 15.0. The Balaban J connectivity index is 2.41. The highest BCUT2D eigenvalue weighted by molar-refractivity contribution is 9.10. The van der Waals surface area contributed by atoms with Crippen molar-refractivity contribution in [2.75, 3.05) is 30.4 Å². The first-order valence-electron chi connectivity index (χ1n) is 5.33. The van der Waals surface area contributed by atoms with Crippen molar-refractivity contribution < 1.29 is 13.2 Å². The van der Waals surface area contributed by atoms with Crippen molar-refractivity contribution in [2.24, 2.45) is 0 Å². The van der Waals surface area contributed by atoms with E-state index in [1.165, 1.54) is 7.05 Å². The number of carbonyl (C=O) groups is 1. The molecular weight excluding hydrogens is 320 g/mol. The van der Waals surface area contributed by atoms with Crippen LogP contribution in [-0.2, 0) is 14.6 Å². The summed E-state index contributed by atoms with van der Waals surface area (Å²) in [6.07, 6.45) is 0. The van der Waals surface area contributed by atoms with E-state index >= 15 is 0 Å². The number of rotatable bonds is 6. The van der Waals surface area contributed by atoms with Gasteiger partial charge in [-0.1, -0.05) is 15.9 Å². The highest BCUT2D eigenvalue weighted by atomic mass is 79.9. The molecule has 7 heteroatoms. The Bertz CT molecular complexity index is 500. The average Bonchev–Trinajstić information content (AvgIpc) is 2.31. The lowest BCUT2D eigenvalue weighted by Gasteiger charge is -2.07. The van der Waals surface area contributed by atoms with Crippen LogP contribution < -0.4 is 10.6 Å². The maximum atomic E-state index is 11.5. The van der Waals surface area contributed by atoms with Crippen molar-refractivity contribution in [3.63, 3.8) is 0 Å². The fourth-order valence-electron chi connectivity index (χ4n) is 1.26. The lowest BCUT2D eigenvalue weighted by molar-refractivity contribution is -0.118. The standard InChI is InChI=1S/C11H15BrN2O3S/c1-13-11(15)8-18(16,17)7-6-14-10-4-2-9(12)3-5-10/h2-5,14H,6-8H2,1H3,(H,13,15). The van der Waals surface area contributed by atoms with Crippen molar-refractivity contribution >= 4 is 37.4 Å². The van der Waals surface area contributed by atoms with E-state index in [0.717, 1.165) is 10.2 Å². The van der Waals surface area contributed by atoms with E-state index < -0.39 is 21.5 Å². The third-order valence-electron chi connectivity index (χ3n) is 2.22. The predicted molar refractivity (Wildman–Crippen MR) is 75.4 cm³/mol. The Morgan fingerprint density at radius 3 is 2.44 bits per heavy atom. The van der Waals surface area contributed by atoms with Gasteiger partial charge in [0.2, 0.25) is 5.91 Å². The second-order valence-electron chi connectivity index (χ2n) is 3.70. The molecule has 1 amide bonds. The summed E-state index contributed by atoms with van der Waals surface area (Å²) in [6, 6.07) is 7.41. The second-order valence-corrected chi connectivity index (χ2v) is 6.80. The van der Waals surface area contributed by atoms with Gasteiger partial charge in [0.05, 0.1) is 5.75 Å². The molecular formula is C11H15BrN2O3S. The summed E-state index contributed by atoms with van der Waals surface area (Å²) in [5.41, 5.74) is 0.841. The van der Waals surface area contributed by atoms with Crippen LogP contribution >= 0.6 is 15.9 Å². The van der Waals surface area contributed by atoms with Gasteiger partial charge in [-0.2, -0.15) is 0 Å². The van der Waals surface area contributed by atoms with Crippen LogP contribution in [0.5, 0.6) is 0 Å². The van der Waals surface area contributed by atoms with Gasteiger partial charge in [0.25, 0.3) is 0 Å². The van der Waals surface area contributed by atoms with Crippen LogP contribution in [0.3, 0.4) is 0 Å². The Morgan fingerprint density at radius 1 is 1.28 bits per heavy atom. The number of amides is 1. The van der Waals surface area contributed by atoms with Crippen molar-refractivity contribution in [1.82, 2.24) is 5.32 Å². The predicted octanol–water partition coefficient (Wildman–Crippen LogP) is 1.02. The normalized spacial score (nSPS) is 11.0. The monoisotopic (exact) mass is 334 g/mol. The van der Waals surface area contributed by atoms with E-state index in [1.807, 2.05) is 24.3 Å². The van der Waals surface area contributed by atoms with Gasteiger partial charge in [0.1, 0.15) is 5.75 Å². The van der Waals surface area contributed by atoms with Crippen LogP contribution in [0.2, 0.25) is 0 Å². The van der Waals surface area contributed by atoms with Gasteiger partial charge in [-0.05, 0) is 24.3 Å². The molecule has 0 bridgehead atoms. The minimum absolute atomic E-state index is 0.0729. The highest BCUT2D eigenvalue weighted by Gasteiger charge is 2.14. The fourth-order valence-corrected chi connectivity index (χ4v) is 2.63.